The molecule has 31 heavy (non-hydrogen) atoms. The molecule has 2 aromatic carbocycles. The summed E-state index contributed by atoms with van der Waals surface area (Å²) in [5, 5.41) is 3.17. The van der Waals surface area contributed by atoms with Gasteiger partial charge in [0.15, 0.2) is 15.5 Å². The first-order valence-electron chi connectivity index (χ1n) is 8.91. The zero-order valence-electron chi connectivity index (χ0n) is 16.7. The van der Waals surface area contributed by atoms with Gasteiger partial charge in [-0.2, -0.15) is 13.2 Å². The van der Waals surface area contributed by atoms with Gasteiger partial charge in [0.25, 0.3) is 0 Å². The predicted octanol–water partition coefficient (Wildman–Crippen LogP) is 4.91. The Balaban J connectivity index is 2.29. The van der Waals surface area contributed by atoms with Crippen molar-refractivity contribution in [2.45, 2.75) is 18.0 Å². The first-order chi connectivity index (χ1) is 14.4. The Kier molecular flexibility index (Phi) is 5.95. The molecular formula is C21H18F4N2O3S. The summed E-state index contributed by atoms with van der Waals surface area (Å²) >= 11 is 0. The van der Waals surface area contributed by atoms with Crippen molar-refractivity contribution in [3.05, 3.63) is 71.7 Å². The number of rotatable bonds is 5. The van der Waals surface area contributed by atoms with Crippen LogP contribution in [-0.4, -0.2) is 38.2 Å². The van der Waals surface area contributed by atoms with Gasteiger partial charge in [0.1, 0.15) is 12.9 Å². The molecule has 5 nitrogen and oxygen atoms in total. The van der Waals surface area contributed by atoms with E-state index in [-0.39, 0.29) is 16.2 Å². The number of oxime groups is 1. The SMILES string of the molecule is CO/N=C(/c1cc(-c2ccc(S(C)(=O)=O)cc2)n(-c2ccc(F)cc2)c1C)C(F)(F)F. The second-order valence-corrected chi connectivity index (χ2v) is 8.77. The van der Waals surface area contributed by atoms with Crippen LogP contribution >= 0.6 is 0 Å². The van der Waals surface area contributed by atoms with Gasteiger partial charge in [-0.3, -0.25) is 0 Å². The van der Waals surface area contributed by atoms with Crippen molar-refractivity contribution in [1.82, 2.24) is 4.57 Å². The van der Waals surface area contributed by atoms with Gasteiger partial charge >= 0.3 is 6.18 Å². The summed E-state index contributed by atoms with van der Waals surface area (Å²) in [6.07, 6.45) is -3.73. The lowest BCUT2D eigenvalue weighted by molar-refractivity contribution is -0.0608. The third kappa shape index (κ3) is 4.63. The van der Waals surface area contributed by atoms with Crippen molar-refractivity contribution in [3.8, 4) is 16.9 Å². The van der Waals surface area contributed by atoms with Gasteiger partial charge in [-0.15, -0.1) is 0 Å². The highest BCUT2D eigenvalue weighted by molar-refractivity contribution is 7.90. The molecule has 0 N–H and O–H groups in total. The lowest BCUT2D eigenvalue weighted by atomic mass is 10.1. The minimum atomic E-state index is -4.78. The van der Waals surface area contributed by atoms with E-state index < -0.39 is 27.5 Å². The minimum Gasteiger partial charge on any atom is -0.399 e. The Morgan fingerprint density at radius 2 is 1.61 bits per heavy atom. The molecule has 1 aromatic heterocycles. The van der Waals surface area contributed by atoms with E-state index in [1.165, 1.54) is 66.1 Å². The summed E-state index contributed by atoms with van der Waals surface area (Å²) in [6.45, 7) is 1.48. The molecule has 0 fully saturated rings. The molecule has 0 aliphatic heterocycles. The fraction of sp³-hybridized carbons (Fsp3) is 0.190. The number of alkyl halides is 3. The molecular weight excluding hydrogens is 436 g/mol. The van der Waals surface area contributed by atoms with Crippen LogP contribution in [0.3, 0.4) is 0 Å². The Morgan fingerprint density at radius 3 is 2.10 bits per heavy atom. The van der Waals surface area contributed by atoms with Gasteiger partial charge in [0, 0.05) is 23.2 Å². The van der Waals surface area contributed by atoms with Crippen molar-refractivity contribution in [1.29, 1.82) is 0 Å². The van der Waals surface area contributed by atoms with Crippen LogP contribution in [0, 0.1) is 12.7 Å². The summed E-state index contributed by atoms with van der Waals surface area (Å²) in [5.41, 5.74) is -0.0198. The zero-order valence-corrected chi connectivity index (χ0v) is 17.6. The fourth-order valence-electron chi connectivity index (χ4n) is 3.20. The maximum atomic E-state index is 13.6. The molecule has 0 aliphatic carbocycles. The molecule has 0 radical (unpaired) electrons. The molecule has 3 rings (SSSR count). The normalized spacial score (nSPS) is 12.8. The minimum absolute atomic E-state index is 0.0741. The molecule has 3 aromatic rings. The average Bonchev–Trinajstić information content (AvgIpc) is 3.02. The van der Waals surface area contributed by atoms with Gasteiger partial charge < -0.3 is 9.40 Å². The van der Waals surface area contributed by atoms with E-state index in [2.05, 4.69) is 9.99 Å². The summed E-state index contributed by atoms with van der Waals surface area (Å²) in [7, 11) is -2.43. The molecule has 0 saturated heterocycles. The number of halogens is 4. The van der Waals surface area contributed by atoms with Gasteiger partial charge in [0.05, 0.1) is 10.6 Å². The molecule has 1 heterocycles. The number of benzene rings is 2. The summed E-state index contributed by atoms with van der Waals surface area (Å²) in [5.74, 6) is -0.496. The summed E-state index contributed by atoms with van der Waals surface area (Å²) in [4.78, 5) is 4.49. The molecule has 0 saturated carbocycles. The van der Waals surface area contributed by atoms with Crippen molar-refractivity contribution < 1.29 is 30.8 Å². The van der Waals surface area contributed by atoms with Gasteiger partial charge in [-0.05, 0) is 55.0 Å². The van der Waals surface area contributed by atoms with Gasteiger partial charge in [0.2, 0.25) is 0 Å². The highest BCUT2D eigenvalue weighted by Gasteiger charge is 2.40. The molecule has 10 heteroatoms. The third-order valence-electron chi connectivity index (χ3n) is 4.62. The number of sulfone groups is 1. The van der Waals surface area contributed by atoms with Crippen molar-refractivity contribution in [3.63, 3.8) is 0 Å². The van der Waals surface area contributed by atoms with E-state index in [4.69, 9.17) is 0 Å². The van der Waals surface area contributed by atoms with Crippen molar-refractivity contribution in [2.24, 2.45) is 5.16 Å². The van der Waals surface area contributed by atoms with Crippen LogP contribution in [0.1, 0.15) is 11.3 Å². The highest BCUT2D eigenvalue weighted by atomic mass is 32.2. The lowest BCUT2D eigenvalue weighted by Crippen LogP contribution is -2.25. The second-order valence-electron chi connectivity index (χ2n) is 6.76. The monoisotopic (exact) mass is 454 g/mol. The van der Waals surface area contributed by atoms with Crippen LogP contribution in [0.15, 0.2) is 64.6 Å². The van der Waals surface area contributed by atoms with E-state index in [9.17, 15) is 26.0 Å². The highest BCUT2D eigenvalue weighted by Crippen LogP contribution is 2.34. The Bertz CT molecular complexity index is 1230. The molecule has 0 amide bonds. The summed E-state index contributed by atoms with van der Waals surface area (Å²) in [6, 6.07) is 12.3. The van der Waals surface area contributed by atoms with E-state index in [1.807, 2.05) is 0 Å². The van der Waals surface area contributed by atoms with Gasteiger partial charge in [-0.1, -0.05) is 17.3 Å². The first-order valence-corrected chi connectivity index (χ1v) is 10.8. The molecule has 0 bridgehead atoms. The van der Waals surface area contributed by atoms with Gasteiger partial charge in [-0.25, -0.2) is 12.8 Å². The Labute approximate surface area is 176 Å². The number of hydrogen-bond donors (Lipinski definition) is 0. The van der Waals surface area contributed by atoms with Crippen LogP contribution < -0.4 is 0 Å². The molecule has 0 atom stereocenters. The van der Waals surface area contributed by atoms with Crippen LogP contribution in [0.5, 0.6) is 0 Å². The van der Waals surface area contributed by atoms with Crippen LogP contribution in [0.2, 0.25) is 0 Å². The van der Waals surface area contributed by atoms with E-state index >= 15 is 0 Å². The molecule has 0 aliphatic rings. The topological polar surface area (TPSA) is 60.7 Å². The molecule has 0 unspecified atom stereocenters. The number of hydrogen-bond acceptors (Lipinski definition) is 4. The second kappa shape index (κ2) is 8.18. The van der Waals surface area contributed by atoms with Crippen LogP contribution in [0.25, 0.3) is 16.9 Å². The zero-order chi connectivity index (χ0) is 23.0. The maximum Gasteiger partial charge on any atom is 0.437 e. The van der Waals surface area contributed by atoms with Crippen molar-refractivity contribution in [2.75, 3.05) is 13.4 Å². The Morgan fingerprint density at radius 1 is 1.03 bits per heavy atom. The third-order valence-corrected chi connectivity index (χ3v) is 5.74. The van der Waals surface area contributed by atoms with Crippen molar-refractivity contribution >= 4 is 15.5 Å². The van der Waals surface area contributed by atoms with Crippen LogP contribution in [0.4, 0.5) is 17.6 Å². The number of aromatic nitrogens is 1. The molecule has 164 valence electrons. The summed E-state index contributed by atoms with van der Waals surface area (Å²) < 4.78 is 79.3. The average molecular weight is 454 g/mol. The van der Waals surface area contributed by atoms with E-state index in [0.717, 1.165) is 13.4 Å². The Hall–Kier alpha value is -3.14. The first kappa shape index (κ1) is 22.5. The van der Waals surface area contributed by atoms with Crippen LogP contribution in [-0.2, 0) is 14.7 Å². The molecule has 0 spiro atoms. The number of nitrogens with zero attached hydrogens (tertiary/aromatic N) is 2. The fourth-order valence-corrected chi connectivity index (χ4v) is 3.83. The lowest BCUT2D eigenvalue weighted by Gasteiger charge is -2.13. The standard InChI is InChI=1S/C21H18F4N2O3S/c1-13-18(20(26-30-2)21(23,24)25)12-19(27(13)16-8-6-15(22)7-9-16)14-4-10-17(11-5-14)31(3,28)29/h4-12H,1-3H3/b26-20-. The largest absolute Gasteiger partial charge is 0.437 e. The predicted molar refractivity (Wildman–Crippen MR) is 109 cm³/mol. The quantitative estimate of drug-likeness (QED) is 0.313. The van der Waals surface area contributed by atoms with E-state index in [0.29, 0.717) is 16.9 Å². The smallest absolute Gasteiger partial charge is 0.399 e. The van der Waals surface area contributed by atoms with E-state index in [1.54, 1.807) is 0 Å². The maximum absolute atomic E-state index is 13.6.